The predicted octanol–water partition coefficient (Wildman–Crippen LogP) is 5.31. The minimum absolute atomic E-state index is 0. The van der Waals surface area contributed by atoms with E-state index in [0.717, 1.165) is 17.5 Å². The minimum atomic E-state index is -0.137. The third kappa shape index (κ3) is 3.57. The third-order valence-electron chi connectivity index (χ3n) is 9.65. The molecular formula is C37H29NaO. The molecule has 8 rings (SSSR count). The summed E-state index contributed by atoms with van der Waals surface area (Å²) >= 11 is 0. The van der Waals surface area contributed by atoms with Crippen LogP contribution in [0.4, 0.5) is 0 Å². The van der Waals surface area contributed by atoms with E-state index in [1.807, 2.05) is 12.1 Å². The van der Waals surface area contributed by atoms with Gasteiger partial charge < -0.3 is 5.11 Å². The summed E-state index contributed by atoms with van der Waals surface area (Å²) in [6.45, 7) is 0. The van der Waals surface area contributed by atoms with Gasteiger partial charge in [-0.2, -0.15) is 0 Å². The molecule has 2 spiro atoms. The number of hydrogen-bond donors (Lipinski definition) is 0. The summed E-state index contributed by atoms with van der Waals surface area (Å²) in [5, 5.41) is 14.1. The zero-order valence-electron chi connectivity index (χ0n) is 22.4. The first-order valence-corrected chi connectivity index (χ1v) is 13.9. The molecule has 39 heavy (non-hydrogen) atoms. The first kappa shape index (κ1) is 24.9. The van der Waals surface area contributed by atoms with Crippen LogP contribution in [0.5, 0.6) is 5.75 Å². The Morgan fingerprint density at radius 2 is 1.23 bits per heavy atom. The molecular weight excluding hydrogens is 483 g/mol. The average molecular weight is 513 g/mol. The van der Waals surface area contributed by atoms with E-state index in [9.17, 15) is 5.11 Å². The maximum Gasteiger partial charge on any atom is 1.00 e. The fourth-order valence-electron chi connectivity index (χ4n) is 7.92. The number of benzene rings is 5. The zero-order valence-corrected chi connectivity index (χ0v) is 24.4. The normalized spacial score (nSPS) is 17.4. The van der Waals surface area contributed by atoms with Crippen molar-refractivity contribution >= 4 is 16.8 Å². The van der Waals surface area contributed by atoms with E-state index in [1.165, 1.54) is 58.7 Å². The smallest absolute Gasteiger partial charge is 0.872 e. The van der Waals surface area contributed by atoms with Crippen LogP contribution >= 0.6 is 0 Å². The van der Waals surface area contributed by atoms with E-state index in [2.05, 4.69) is 91.0 Å². The second kappa shape index (κ2) is 9.24. The van der Waals surface area contributed by atoms with Gasteiger partial charge in [0.2, 0.25) is 0 Å². The summed E-state index contributed by atoms with van der Waals surface area (Å²) in [4.78, 5) is 0. The molecule has 0 N–H and O–H groups in total. The Balaban J connectivity index is 0.00000253. The van der Waals surface area contributed by atoms with Crippen molar-refractivity contribution in [3.8, 4) is 16.9 Å². The van der Waals surface area contributed by atoms with Gasteiger partial charge in [0, 0.05) is 10.8 Å². The Labute approximate surface area is 252 Å². The van der Waals surface area contributed by atoms with Crippen molar-refractivity contribution in [3.05, 3.63) is 143 Å². The summed E-state index contributed by atoms with van der Waals surface area (Å²) in [6, 6.07) is 37.1. The molecule has 0 heterocycles. The zero-order chi connectivity index (χ0) is 25.3. The van der Waals surface area contributed by atoms with Crippen molar-refractivity contribution in [2.75, 3.05) is 0 Å². The molecule has 0 atom stereocenters. The molecule has 1 saturated carbocycles. The van der Waals surface area contributed by atoms with Crippen molar-refractivity contribution in [2.45, 2.75) is 42.9 Å². The van der Waals surface area contributed by atoms with Crippen LogP contribution < -0.4 is 34.7 Å². The van der Waals surface area contributed by atoms with Crippen LogP contribution in [-0.2, 0) is 17.3 Å². The molecule has 3 aliphatic rings. The Kier molecular flexibility index (Phi) is 5.90. The third-order valence-corrected chi connectivity index (χ3v) is 9.65. The van der Waals surface area contributed by atoms with Gasteiger partial charge in [0.15, 0.2) is 0 Å². The fourth-order valence-corrected chi connectivity index (χ4v) is 7.92. The summed E-state index contributed by atoms with van der Waals surface area (Å²) in [6.07, 6.45) is 11.0. The topological polar surface area (TPSA) is 23.1 Å². The van der Waals surface area contributed by atoms with Gasteiger partial charge in [0.05, 0.1) is 0 Å². The van der Waals surface area contributed by atoms with Gasteiger partial charge in [0.1, 0.15) is 0 Å². The van der Waals surface area contributed by atoms with Gasteiger partial charge in [-0.15, -0.1) is 5.75 Å². The van der Waals surface area contributed by atoms with Crippen LogP contribution in [0.25, 0.3) is 28.0 Å². The molecule has 3 aliphatic carbocycles. The van der Waals surface area contributed by atoms with Crippen LogP contribution in [-0.4, -0.2) is 0 Å². The molecule has 0 unspecified atom stereocenters. The molecule has 5 aromatic carbocycles. The summed E-state index contributed by atoms with van der Waals surface area (Å²) in [7, 11) is 0. The molecule has 1 fully saturated rings. The molecule has 0 aromatic heterocycles. The standard InChI is InChI=1S/C37H30O.Na/c38-29-16-13-25(14-17-29)26-15-18-30-27(23-26)11-12-28-24-37(22-19-31(28)30)34-9-3-1-7-32(34)36(20-5-6-21-36)33-8-2-4-10-35(33)37;/h1-4,7-19,22-23,38H,5-6,20-21,24H2;/q;+1/p-1. The molecule has 2 heteroatoms. The van der Waals surface area contributed by atoms with Gasteiger partial charge >= 0.3 is 29.6 Å². The monoisotopic (exact) mass is 512 g/mol. The largest absolute Gasteiger partial charge is 1.00 e. The predicted molar refractivity (Wildman–Crippen MR) is 154 cm³/mol. The molecule has 1 nitrogen and oxygen atoms in total. The van der Waals surface area contributed by atoms with Crippen molar-refractivity contribution in [1.29, 1.82) is 0 Å². The SMILES string of the molecule is [Na+].[O-]c1ccc(-c2ccc3c4c(ccc3c2)CC2(C=C4)c3ccccc3C3(CCCC3)c3ccccc32)cc1. The van der Waals surface area contributed by atoms with Crippen LogP contribution in [0.2, 0.25) is 0 Å². The maximum absolute atomic E-state index is 11.6. The van der Waals surface area contributed by atoms with Crippen molar-refractivity contribution in [3.63, 3.8) is 0 Å². The van der Waals surface area contributed by atoms with Crippen LogP contribution in [0.1, 0.15) is 59.1 Å². The first-order valence-electron chi connectivity index (χ1n) is 13.9. The quantitative estimate of drug-likeness (QED) is 0.279. The summed E-state index contributed by atoms with van der Waals surface area (Å²) in [5.74, 6) is 0.0485. The first-order chi connectivity index (χ1) is 18.7. The number of rotatable bonds is 1. The van der Waals surface area contributed by atoms with Crippen LogP contribution in [0.15, 0.2) is 109 Å². The van der Waals surface area contributed by atoms with E-state index in [-0.39, 0.29) is 46.1 Å². The van der Waals surface area contributed by atoms with E-state index >= 15 is 0 Å². The summed E-state index contributed by atoms with van der Waals surface area (Å²) in [5.41, 5.74) is 11.1. The fraction of sp³-hybridized carbons (Fsp3) is 0.189. The van der Waals surface area contributed by atoms with Gasteiger partial charge in [-0.05, 0) is 80.6 Å². The average Bonchev–Trinajstić information content (AvgIpc) is 3.47. The Morgan fingerprint density at radius 1 is 0.615 bits per heavy atom. The minimum Gasteiger partial charge on any atom is -0.872 e. The molecule has 0 radical (unpaired) electrons. The van der Waals surface area contributed by atoms with Gasteiger partial charge in [-0.1, -0.05) is 122 Å². The maximum atomic E-state index is 11.6. The van der Waals surface area contributed by atoms with Gasteiger partial charge in [-0.25, -0.2) is 0 Å². The number of fused-ring (bicyclic) bond motifs is 9. The Morgan fingerprint density at radius 3 is 1.90 bits per heavy atom. The van der Waals surface area contributed by atoms with Crippen LogP contribution in [0, 0.1) is 0 Å². The molecule has 0 bridgehead atoms. The molecule has 5 aromatic rings. The van der Waals surface area contributed by atoms with Crippen molar-refractivity contribution in [1.82, 2.24) is 0 Å². The second-order valence-corrected chi connectivity index (χ2v) is 11.5. The van der Waals surface area contributed by atoms with Crippen molar-refractivity contribution < 1.29 is 34.7 Å². The van der Waals surface area contributed by atoms with Crippen LogP contribution in [0.3, 0.4) is 0 Å². The Bertz CT molecular complexity index is 1710. The molecule has 184 valence electrons. The summed E-state index contributed by atoms with van der Waals surface area (Å²) < 4.78 is 0. The molecule has 0 aliphatic heterocycles. The van der Waals surface area contributed by atoms with Crippen molar-refractivity contribution in [2.24, 2.45) is 0 Å². The van der Waals surface area contributed by atoms with E-state index in [1.54, 1.807) is 23.3 Å². The van der Waals surface area contributed by atoms with E-state index in [4.69, 9.17) is 0 Å². The number of allylic oxidation sites excluding steroid dienone is 1. The number of hydrogen-bond acceptors (Lipinski definition) is 1. The van der Waals surface area contributed by atoms with Gasteiger partial charge in [0.25, 0.3) is 0 Å². The van der Waals surface area contributed by atoms with E-state index < -0.39 is 0 Å². The second-order valence-electron chi connectivity index (χ2n) is 11.5. The molecule has 0 amide bonds. The van der Waals surface area contributed by atoms with E-state index in [0.29, 0.717) is 0 Å². The Hall–Kier alpha value is -3.10. The molecule has 0 saturated heterocycles. The van der Waals surface area contributed by atoms with Gasteiger partial charge in [-0.3, -0.25) is 0 Å².